The maximum atomic E-state index is 12.2. The zero-order chi connectivity index (χ0) is 15.3. The average Bonchev–Trinajstić information content (AvgIpc) is 3.24. The van der Waals surface area contributed by atoms with Crippen LogP contribution in [-0.2, 0) is 0 Å². The van der Waals surface area contributed by atoms with Crippen LogP contribution in [0.2, 0.25) is 5.02 Å². The van der Waals surface area contributed by atoms with Crippen molar-refractivity contribution in [3.05, 3.63) is 34.3 Å². The Labute approximate surface area is 130 Å². The fourth-order valence-corrected chi connectivity index (χ4v) is 2.71. The molecule has 1 saturated carbocycles. The van der Waals surface area contributed by atoms with Crippen LogP contribution in [-0.4, -0.2) is 24.2 Å². The molecule has 2 N–H and O–H groups in total. The molecule has 1 aliphatic rings. The van der Waals surface area contributed by atoms with Crippen LogP contribution < -0.4 is 5.32 Å². The molecule has 1 fully saturated rings. The maximum absolute atomic E-state index is 12.2. The van der Waals surface area contributed by atoms with Crippen LogP contribution in [0.1, 0.15) is 48.5 Å². The zero-order valence-electron chi connectivity index (χ0n) is 12.2. The first kappa shape index (κ1) is 15.9. The van der Waals surface area contributed by atoms with E-state index in [-0.39, 0.29) is 12.5 Å². The lowest BCUT2D eigenvalue weighted by molar-refractivity contribution is 0.0943. The molecule has 1 aromatic rings. The minimum Gasteiger partial charge on any atom is -0.384 e. The Balaban J connectivity index is 1.98. The minimum absolute atomic E-state index is 0.0963. The summed E-state index contributed by atoms with van der Waals surface area (Å²) in [4.78, 5) is 12.2. The van der Waals surface area contributed by atoms with Crippen molar-refractivity contribution < 1.29 is 9.90 Å². The molecule has 0 spiro atoms. The fourth-order valence-electron chi connectivity index (χ4n) is 2.48. The van der Waals surface area contributed by atoms with Gasteiger partial charge in [-0.15, -0.1) is 0 Å². The Morgan fingerprint density at radius 1 is 1.48 bits per heavy atom. The van der Waals surface area contributed by atoms with E-state index in [1.54, 1.807) is 18.2 Å². The van der Waals surface area contributed by atoms with E-state index < -0.39 is 0 Å². The smallest absolute Gasteiger partial charge is 0.251 e. The second-order valence-corrected chi connectivity index (χ2v) is 5.99. The summed E-state index contributed by atoms with van der Waals surface area (Å²) in [6.07, 6.45) is 4.73. The summed E-state index contributed by atoms with van der Waals surface area (Å²) in [7, 11) is 0. The number of aliphatic hydroxyl groups is 1. The summed E-state index contributed by atoms with van der Waals surface area (Å²) in [5.41, 5.74) is 1.49. The van der Waals surface area contributed by atoms with Gasteiger partial charge in [0.1, 0.15) is 6.61 Å². The standard InChI is InChI=1S/C17H20ClNO2/c1-2-7-17(8-9-17)12-19-16(21)14-6-5-13(4-3-10-20)15(18)11-14/h5-6,11,20H,2,7-10,12H2,1H3,(H,19,21). The predicted octanol–water partition coefficient (Wildman–Crippen LogP) is 2.99. The quantitative estimate of drug-likeness (QED) is 0.822. The highest BCUT2D eigenvalue weighted by atomic mass is 35.5. The molecule has 1 aliphatic carbocycles. The highest BCUT2D eigenvalue weighted by Gasteiger charge is 2.41. The number of carbonyl (C=O) groups is 1. The number of halogens is 1. The third kappa shape index (κ3) is 4.23. The Kier molecular flexibility index (Phi) is 5.27. The molecular formula is C17H20ClNO2. The minimum atomic E-state index is -0.210. The van der Waals surface area contributed by atoms with Crippen molar-refractivity contribution >= 4 is 17.5 Å². The number of aliphatic hydroxyl groups excluding tert-OH is 1. The van der Waals surface area contributed by atoms with Gasteiger partial charge < -0.3 is 10.4 Å². The molecule has 0 aromatic heterocycles. The van der Waals surface area contributed by atoms with Crippen molar-refractivity contribution in [3.63, 3.8) is 0 Å². The van der Waals surface area contributed by atoms with Crippen LogP contribution in [0.25, 0.3) is 0 Å². The number of hydrogen-bond acceptors (Lipinski definition) is 2. The second-order valence-electron chi connectivity index (χ2n) is 5.59. The van der Waals surface area contributed by atoms with Gasteiger partial charge in [-0.2, -0.15) is 0 Å². The molecule has 0 bridgehead atoms. The summed E-state index contributed by atoms with van der Waals surface area (Å²) < 4.78 is 0. The molecule has 1 amide bonds. The summed E-state index contributed by atoms with van der Waals surface area (Å²) in [6, 6.07) is 5.04. The molecule has 0 heterocycles. The molecule has 0 radical (unpaired) electrons. The number of nitrogens with one attached hydrogen (secondary N) is 1. The van der Waals surface area contributed by atoms with Gasteiger partial charge >= 0.3 is 0 Å². The van der Waals surface area contributed by atoms with Crippen molar-refractivity contribution in [1.29, 1.82) is 0 Å². The van der Waals surface area contributed by atoms with E-state index in [4.69, 9.17) is 16.7 Å². The Hall–Kier alpha value is -1.50. The van der Waals surface area contributed by atoms with Gasteiger partial charge in [0.05, 0.1) is 5.02 Å². The van der Waals surface area contributed by atoms with Crippen molar-refractivity contribution in [2.45, 2.75) is 32.6 Å². The van der Waals surface area contributed by atoms with Crippen LogP contribution in [0, 0.1) is 17.3 Å². The highest BCUT2D eigenvalue weighted by Crippen LogP contribution is 2.48. The van der Waals surface area contributed by atoms with E-state index in [9.17, 15) is 4.79 Å². The summed E-state index contributed by atoms with van der Waals surface area (Å²) >= 11 is 6.10. The topological polar surface area (TPSA) is 49.3 Å². The number of carbonyl (C=O) groups excluding carboxylic acids is 1. The first-order valence-corrected chi connectivity index (χ1v) is 7.65. The molecule has 1 aromatic carbocycles. The zero-order valence-corrected chi connectivity index (χ0v) is 13.0. The molecule has 0 saturated heterocycles. The number of benzene rings is 1. The maximum Gasteiger partial charge on any atom is 0.251 e. The molecular weight excluding hydrogens is 286 g/mol. The van der Waals surface area contributed by atoms with Gasteiger partial charge in [0, 0.05) is 17.7 Å². The average molecular weight is 306 g/mol. The van der Waals surface area contributed by atoms with Gasteiger partial charge in [-0.25, -0.2) is 0 Å². The third-order valence-corrected chi connectivity index (χ3v) is 4.21. The SMILES string of the molecule is CCCC1(CNC(=O)c2ccc(C#CCO)c(Cl)c2)CC1. The monoisotopic (exact) mass is 305 g/mol. The molecule has 0 atom stereocenters. The molecule has 0 unspecified atom stereocenters. The molecule has 0 aliphatic heterocycles. The summed E-state index contributed by atoms with van der Waals surface area (Å²) in [6.45, 7) is 2.70. The predicted molar refractivity (Wildman–Crippen MR) is 84.3 cm³/mol. The van der Waals surface area contributed by atoms with Gasteiger partial charge in [-0.1, -0.05) is 36.8 Å². The number of rotatable bonds is 5. The second kappa shape index (κ2) is 6.98. The fraction of sp³-hybridized carbons (Fsp3) is 0.471. The van der Waals surface area contributed by atoms with Gasteiger partial charge in [-0.3, -0.25) is 4.79 Å². The first-order valence-electron chi connectivity index (χ1n) is 7.28. The Morgan fingerprint density at radius 2 is 2.24 bits per heavy atom. The van der Waals surface area contributed by atoms with Gasteiger partial charge in [-0.05, 0) is 42.9 Å². The van der Waals surface area contributed by atoms with Gasteiger partial charge in [0.2, 0.25) is 0 Å². The van der Waals surface area contributed by atoms with E-state index in [0.717, 1.165) is 13.0 Å². The first-order chi connectivity index (χ1) is 10.1. The normalized spacial score (nSPS) is 15.0. The molecule has 3 nitrogen and oxygen atoms in total. The van der Waals surface area contributed by atoms with Crippen LogP contribution in [0.4, 0.5) is 0 Å². The molecule has 112 valence electrons. The lowest BCUT2D eigenvalue weighted by Gasteiger charge is -2.15. The van der Waals surface area contributed by atoms with Crippen molar-refractivity contribution in [3.8, 4) is 11.8 Å². The van der Waals surface area contributed by atoms with E-state index in [2.05, 4.69) is 24.1 Å². The van der Waals surface area contributed by atoms with Crippen LogP contribution in [0.3, 0.4) is 0 Å². The van der Waals surface area contributed by atoms with E-state index in [0.29, 0.717) is 21.6 Å². The van der Waals surface area contributed by atoms with Crippen molar-refractivity contribution in [2.75, 3.05) is 13.2 Å². The van der Waals surface area contributed by atoms with E-state index in [1.807, 2.05) is 0 Å². The van der Waals surface area contributed by atoms with E-state index in [1.165, 1.54) is 19.3 Å². The molecule has 4 heteroatoms. The lowest BCUT2D eigenvalue weighted by atomic mass is 10.0. The van der Waals surface area contributed by atoms with Gasteiger partial charge in [0.15, 0.2) is 0 Å². The molecule has 21 heavy (non-hydrogen) atoms. The Morgan fingerprint density at radius 3 is 2.81 bits per heavy atom. The van der Waals surface area contributed by atoms with Crippen LogP contribution in [0.15, 0.2) is 18.2 Å². The van der Waals surface area contributed by atoms with Crippen LogP contribution in [0.5, 0.6) is 0 Å². The number of amides is 1. The lowest BCUT2D eigenvalue weighted by Crippen LogP contribution is -2.30. The van der Waals surface area contributed by atoms with E-state index >= 15 is 0 Å². The number of hydrogen-bond donors (Lipinski definition) is 2. The largest absolute Gasteiger partial charge is 0.384 e. The highest BCUT2D eigenvalue weighted by molar-refractivity contribution is 6.32. The van der Waals surface area contributed by atoms with Crippen molar-refractivity contribution in [1.82, 2.24) is 5.32 Å². The van der Waals surface area contributed by atoms with Crippen LogP contribution >= 0.6 is 11.6 Å². The van der Waals surface area contributed by atoms with Gasteiger partial charge in [0.25, 0.3) is 5.91 Å². The Bertz CT molecular complexity index is 582. The third-order valence-electron chi connectivity index (χ3n) is 3.89. The molecule has 2 rings (SSSR count). The van der Waals surface area contributed by atoms with Crippen molar-refractivity contribution in [2.24, 2.45) is 5.41 Å². The summed E-state index contributed by atoms with van der Waals surface area (Å²) in [5.74, 6) is 5.19. The summed E-state index contributed by atoms with van der Waals surface area (Å²) in [5, 5.41) is 12.1.